The van der Waals surface area contributed by atoms with E-state index in [-0.39, 0.29) is 17.1 Å². The smallest absolute Gasteiger partial charge is 0.335 e. The van der Waals surface area contributed by atoms with Crippen molar-refractivity contribution >= 4 is 11.3 Å². The molecule has 1 aliphatic rings. The van der Waals surface area contributed by atoms with Gasteiger partial charge in [0.1, 0.15) is 11.6 Å². The summed E-state index contributed by atoms with van der Waals surface area (Å²) in [6, 6.07) is 17.1. The van der Waals surface area contributed by atoms with Gasteiger partial charge in [-0.25, -0.2) is 14.2 Å². The van der Waals surface area contributed by atoms with Crippen molar-refractivity contribution in [3.05, 3.63) is 99.7 Å². The maximum atomic E-state index is 13.5. The number of fused-ring (bicyclic) bond motifs is 1. The van der Waals surface area contributed by atoms with Crippen LogP contribution in [0.2, 0.25) is 0 Å². The second-order valence-corrected chi connectivity index (χ2v) is 8.80. The van der Waals surface area contributed by atoms with Crippen LogP contribution in [0.25, 0.3) is 16.6 Å². The van der Waals surface area contributed by atoms with E-state index in [9.17, 15) is 14.0 Å². The van der Waals surface area contributed by atoms with Crippen molar-refractivity contribution in [2.75, 3.05) is 37.6 Å². The number of anilines is 1. The summed E-state index contributed by atoms with van der Waals surface area (Å²) in [5.41, 5.74) is 0.851. The molecule has 0 radical (unpaired) electrons. The van der Waals surface area contributed by atoms with Gasteiger partial charge in [0.2, 0.25) is 0 Å². The van der Waals surface area contributed by atoms with Gasteiger partial charge in [0.25, 0.3) is 5.56 Å². The Hall–Kier alpha value is -3.78. The molecule has 1 aromatic carbocycles. The molecule has 4 aromatic rings. The van der Waals surface area contributed by atoms with Gasteiger partial charge in [-0.3, -0.25) is 18.7 Å². The summed E-state index contributed by atoms with van der Waals surface area (Å²) in [6.45, 7) is 5.06. The molecule has 5 rings (SSSR count). The first kappa shape index (κ1) is 23.0. The third-order valence-electron chi connectivity index (χ3n) is 6.60. The number of unbranched alkanes of at least 4 members (excludes halogenated alkanes) is 1. The molecular formula is C27H28FN5O2. The van der Waals surface area contributed by atoms with Crippen LogP contribution < -0.4 is 16.1 Å². The monoisotopic (exact) mass is 473 g/mol. The Kier molecular flexibility index (Phi) is 6.72. The molecule has 0 spiro atoms. The van der Waals surface area contributed by atoms with E-state index in [0.29, 0.717) is 23.2 Å². The normalized spacial score (nSPS) is 14.5. The minimum absolute atomic E-state index is 0.336. The summed E-state index contributed by atoms with van der Waals surface area (Å²) in [5.74, 6) is 0.646. The number of hydrogen-bond acceptors (Lipinski definition) is 5. The lowest BCUT2D eigenvalue weighted by Crippen LogP contribution is -2.47. The number of piperazine rings is 1. The van der Waals surface area contributed by atoms with Crippen molar-refractivity contribution in [1.29, 1.82) is 0 Å². The summed E-state index contributed by atoms with van der Waals surface area (Å²) in [5, 5.41) is 0. The fourth-order valence-electron chi connectivity index (χ4n) is 4.71. The first-order valence-electron chi connectivity index (χ1n) is 12.0. The topological polar surface area (TPSA) is 62.9 Å². The first-order chi connectivity index (χ1) is 17.1. The van der Waals surface area contributed by atoms with Crippen molar-refractivity contribution in [3.63, 3.8) is 0 Å². The van der Waals surface area contributed by atoms with E-state index in [1.807, 2.05) is 24.4 Å². The van der Waals surface area contributed by atoms with Gasteiger partial charge in [-0.2, -0.15) is 0 Å². The number of aromatic nitrogens is 3. The van der Waals surface area contributed by atoms with Crippen LogP contribution in [0.15, 0.2) is 82.6 Å². The van der Waals surface area contributed by atoms with E-state index in [0.717, 1.165) is 51.4 Å². The zero-order valence-electron chi connectivity index (χ0n) is 19.5. The number of pyridine rings is 2. The lowest BCUT2D eigenvalue weighted by Gasteiger charge is -2.35. The van der Waals surface area contributed by atoms with Gasteiger partial charge in [-0.05, 0) is 61.3 Å². The number of nitrogens with zero attached hydrogens (tertiary/aromatic N) is 5. The standard InChI is InChI=1S/C27H28FN5O2/c28-22-11-9-21(10-12-22)25-23-7-2-4-15-32(23)27(35)33(26(25)34)16-6-5-14-30-17-19-31(20-18-30)24-8-1-3-13-29-24/h1-4,7-13,15H,5-6,14,16-20H2. The van der Waals surface area contributed by atoms with Crippen molar-refractivity contribution in [2.45, 2.75) is 19.4 Å². The molecule has 0 amide bonds. The van der Waals surface area contributed by atoms with Crippen LogP contribution in [-0.2, 0) is 6.54 Å². The van der Waals surface area contributed by atoms with Crippen LogP contribution in [0.5, 0.6) is 0 Å². The number of halogens is 1. The SMILES string of the molecule is O=c1c(-c2ccc(F)cc2)c2ccccn2c(=O)n1CCCCN1CCN(c2ccccn2)CC1. The maximum Gasteiger partial charge on any atom is 0.335 e. The Bertz CT molecular complexity index is 1410. The molecule has 35 heavy (non-hydrogen) atoms. The molecule has 0 unspecified atom stereocenters. The predicted molar refractivity (Wildman–Crippen MR) is 135 cm³/mol. The second-order valence-electron chi connectivity index (χ2n) is 8.80. The third-order valence-corrected chi connectivity index (χ3v) is 6.60. The van der Waals surface area contributed by atoms with Crippen molar-refractivity contribution in [2.24, 2.45) is 0 Å². The molecule has 180 valence electrons. The zero-order chi connectivity index (χ0) is 24.2. The summed E-state index contributed by atoms with van der Waals surface area (Å²) in [7, 11) is 0. The average Bonchev–Trinajstić information content (AvgIpc) is 2.90. The van der Waals surface area contributed by atoms with Crippen LogP contribution in [-0.4, -0.2) is 51.6 Å². The zero-order valence-corrected chi connectivity index (χ0v) is 19.5. The van der Waals surface area contributed by atoms with Gasteiger partial charge in [-0.15, -0.1) is 0 Å². The number of rotatable bonds is 7. The molecule has 1 fully saturated rings. The fraction of sp³-hybridized carbons (Fsp3) is 0.296. The predicted octanol–water partition coefficient (Wildman–Crippen LogP) is 3.26. The van der Waals surface area contributed by atoms with Crippen molar-refractivity contribution in [3.8, 4) is 11.1 Å². The minimum atomic E-state index is -0.368. The highest BCUT2D eigenvalue weighted by Crippen LogP contribution is 2.20. The molecule has 3 aromatic heterocycles. The highest BCUT2D eigenvalue weighted by atomic mass is 19.1. The van der Waals surface area contributed by atoms with Crippen molar-refractivity contribution < 1.29 is 4.39 Å². The van der Waals surface area contributed by atoms with Crippen LogP contribution in [0.4, 0.5) is 10.2 Å². The van der Waals surface area contributed by atoms with Gasteiger partial charge in [0.15, 0.2) is 0 Å². The highest BCUT2D eigenvalue weighted by molar-refractivity contribution is 5.79. The average molecular weight is 474 g/mol. The maximum absolute atomic E-state index is 13.5. The Labute approximate surface area is 202 Å². The van der Waals surface area contributed by atoms with Crippen LogP contribution in [0, 0.1) is 5.82 Å². The van der Waals surface area contributed by atoms with Crippen molar-refractivity contribution in [1.82, 2.24) is 18.9 Å². The van der Waals surface area contributed by atoms with E-state index in [2.05, 4.69) is 14.8 Å². The summed E-state index contributed by atoms with van der Waals surface area (Å²) in [6.07, 6.45) is 5.10. The molecular weight excluding hydrogens is 445 g/mol. The van der Waals surface area contributed by atoms with Gasteiger partial charge in [-0.1, -0.05) is 24.3 Å². The van der Waals surface area contributed by atoms with Crippen LogP contribution >= 0.6 is 0 Å². The molecule has 0 N–H and O–H groups in total. The summed E-state index contributed by atoms with van der Waals surface area (Å²) in [4.78, 5) is 35.6. The van der Waals surface area contributed by atoms with Gasteiger partial charge in [0, 0.05) is 45.1 Å². The minimum Gasteiger partial charge on any atom is -0.354 e. The van der Waals surface area contributed by atoms with E-state index in [4.69, 9.17) is 0 Å². The van der Waals surface area contributed by atoms with Gasteiger partial charge >= 0.3 is 5.69 Å². The Morgan fingerprint density at radius 3 is 2.31 bits per heavy atom. The second kappa shape index (κ2) is 10.2. The molecule has 1 saturated heterocycles. The van der Waals surface area contributed by atoms with E-state index in [1.54, 1.807) is 36.5 Å². The Morgan fingerprint density at radius 2 is 1.57 bits per heavy atom. The summed E-state index contributed by atoms with van der Waals surface area (Å²) < 4.78 is 16.3. The first-order valence-corrected chi connectivity index (χ1v) is 12.0. The molecule has 8 heteroatoms. The molecule has 7 nitrogen and oxygen atoms in total. The quantitative estimate of drug-likeness (QED) is 0.386. The molecule has 1 aliphatic heterocycles. The highest BCUT2D eigenvalue weighted by Gasteiger charge is 2.18. The van der Waals surface area contributed by atoms with Gasteiger partial charge < -0.3 is 4.90 Å². The largest absolute Gasteiger partial charge is 0.354 e. The lowest BCUT2D eigenvalue weighted by atomic mass is 10.1. The Morgan fingerprint density at radius 1 is 0.829 bits per heavy atom. The molecule has 0 aliphatic carbocycles. The third kappa shape index (κ3) is 4.88. The molecule has 0 bridgehead atoms. The lowest BCUT2D eigenvalue weighted by molar-refractivity contribution is 0.250. The van der Waals surface area contributed by atoms with Gasteiger partial charge in [0.05, 0.1) is 11.1 Å². The summed E-state index contributed by atoms with van der Waals surface area (Å²) >= 11 is 0. The molecule has 0 atom stereocenters. The Balaban J connectivity index is 1.27. The van der Waals surface area contributed by atoms with E-state index >= 15 is 0 Å². The van der Waals surface area contributed by atoms with E-state index in [1.165, 1.54) is 21.1 Å². The number of benzene rings is 1. The van der Waals surface area contributed by atoms with Crippen LogP contribution in [0.3, 0.4) is 0 Å². The molecule has 4 heterocycles. The molecule has 0 saturated carbocycles. The van der Waals surface area contributed by atoms with E-state index < -0.39 is 0 Å². The van der Waals surface area contributed by atoms with Crippen LogP contribution in [0.1, 0.15) is 12.8 Å². The fourth-order valence-corrected chi connectivity index (χ4v) is 4.71. The number of hydrogen-bond donors (Lipinski definition) is 0.